The van der Waals surface area contributed by atoms with Gasteiger partial charge in [0.05, 0.1) is 26.1 Å². The number of rotatable bonds is 9. The first-order chi connectivity index (χ1) is 9.47. The van der Waals surface area contributed by atoms with Crippen molar-refractivity contribution in [3.63, 3.8) is 0 Å². The number of methoxy groups -OCH3 is 1. The fraction of sp³-hybridized carbons (Fsp3) is 1.00. The third-order valence-electron chi connectivity index (χ3n) is 3.73. The van der Waals surface area contributed by atoms with Gasteiger partial charge in [-0.2, -0.15) is 0 Å². The van der Waals surface area contributed by atoms with Crippen molar-refractivity contribution < 1.29 is 17.9 Å². The number of likely N-dealkylation sites (N-methyl/N-ethyl adjacent to an activating group) is 1. The van der Waals surface area contributed by atoms with Crippen LogP contribution in [-0.4, -0.2) is 72.1 Å². The predicted octanol–water partition coefficient (Wildman–Crippen LogP) is 0.299. The molecule has 0 bridgehead atoms. The lowest BCUT2D eigenvalue weighted by Gasteiger charge is -2.32. The van der Waals surface area contributed by atoms with E-state index in [0.29, 0.717) is 38.8 Å². The van der Waals surface area contributed by atoms with Crippen molar-refractivity contribution >= 4 is 10.0 Å². The molecule has 0 aliphatic carbocycles. The van der Waals surface area contributed by atoms with Crippen molar-refractivity contribution in [3.8, 4) is 0 Å². The van der Waals surface area contributed by atoms with Crippen LogP contribution in [0.1, 0.15) is 19.3 Å². The maximum atomic E-state index is 11.6. The van der Waals surface area contributed by atoms with E-state index < -0.39 is 10.0 Å². The number of hydrogen-bond donors (Lipinski definition) is 1. The molecule has 6 nitrogen and oxygen atoms in total. The summed E-state index contributed by atoms with van der Waals surface area (Å²) >= 11 is 0. The van der Waals surface area contributed by atoms with Crippen molar-refractivity contribution in [2.45, 2.75) is 25.3 Å². The van der Waals surface area contributed by atoms with E-state index in [2.05, 4.69) is 5.32 Å². The minimum atomic E-state index is -3.06. The molecule has 7 heteroatoms. The molecule has 1 aliphatic rings. The zero-order valence-electron chi connectivity index (χ0n) is 12.8. The van der Waals surface area contributed by atoms with Gasteiger partial charge in [0.1, 0.15) is 0 Å². The Bertz CT molecular complexity index is 361. The molecule has 20 heavy (non-hydrogen) atoms. The lowest BCUT2D eigenvalue weighted by atomic mass is 9.92. The topological polar surface area (TPSA) is 67.9 Å². The molecule has 120 valence electrons. The quantitative estimate of drug-likeness (QED) is 0.621. The minimum absolute atomic E-state index is 0.261. The largest absolute Gasteiger partial charge is 0.382 e. The van der Waals surface area contributed by atoms with Gasteiger partial charge < -0.3 is 14.8 Å². The van der Waals surface area contributed by atoms with Crippen LogP contribution in [0.3, 0.4) is 0 Å². The zero-order chi connectivity index (χ0) is 15.0. The third-order valence-corrected chi connectivity index (χ3v) is 5.00. The van der Waals surface area contributed by atoms with Gasteiger partial charge in [0, 0.05) is 26.2 Å². The first kappa shape index (κ1) is 17.8. The van der Waals surface area contributed by atoms with E-state index in [-0.39, 0.29) is 6.04 Å². The van der Waals surface area contributed by atoms with Gasteiger partial charge >= 0.3 is 0 Å². The average molecular weight is 308 g/mol. The molecule has 2 atom stereocenters. The molecule has 2 unspecified atom stereocenters. The van der Waals surface area contributed by atoms with Crippen molar-refractivity contribution in [3.05, 3.63) is 0 Å². The van der Waals surface area contributed by atoms with Crippen LogP contribution in [0, 0.1) is 5.92 Å². The summed E-state index contributed by atoms with van der Waals surface area (Å²) in [6.45, 7) is 3.12. The van der Waals surface area contributed by atoms with Gasteiger partial charge in [-0.3, -0.25) is 0 Å². The van der Waals surface area contributed by atoms with E-state index in [1.165, 1.54) is 6.26 Å². The van der Waals surface area contributed by atoms with E-state index in [0.717, 1.165) is 19.3 Å². The second-order valence-corrected chi connectivity index (χ2v) is 7.40. The number of sulfonamides is 1. The van der Waals surface area contributed by atoms with Gasteiger partial charge in [0.15, 0.2) is 0 Å². The molecule has 1 rings (SSSR count). The summed E-state index contributed by atoms with van der Waals surface area (Å²) in [7, 11) is 0.511. The summed E-state index contributed by atoms with van der Waals surface area (Å²) in [6.07, 6.45) is 4.26. The summed E-state index contributed by atoms with van der Waals surface area (Å²) < 4.78 is 35.3. The Balaban J connectivity index is 2.36. The van der Waals surface area contributed by atoms with Crippen molar-refractivity contribution in [2.24, 2.45) is 5.92 Å². The van der Waals surface area contributed by atoms with Gasteiger partial charge in [0.2, 0.25) is 10.0 Å². The van der Waals surface area contributed by atoms with Crippen LogP contribution in [0.5, 0.6) is 0 Å². The molecular weight excluding hydrogens is 280 g/mol. The second-order valence-electron chi connectivity index (χ2n) is 5.42. The molecule has 1 aliphatic heterocycles. The Kier molecular flexibility index (Phi) is 7.98. The van der Waals surface area contributed by atoms with Crippen molar-refractivity contribution in [2.75, 3.05) is 53.3 Å². The highest BCUT2D eigenvalue weighted by molar-refractivity contribution is 7.88. The standard InChI is InChI=1S/C13H28N2O4S/c1-14-13(11-19-8-7-18-2)9-12-5-4-6-15(10-12)20(3,16)17/h12-14H,4-11H2,1-3H3. The van der Waals surface area contributed by atoms with E-state index in [4.69, 9.17) is 9.47 Å². The van der Waals surface area contributed by atoms with Crippen LogP contribution in [0.25, 0.3) is 0 Å². The highest BCUT2D eigenvalue weighted by Gasteiger charge is 2.27. The Morgan fingerprint density at radius 2 is 2.15 bits per heavy atom. The molecular formula is C13H28N2O4S. The number of hydrogen-bond acceptors (Lipinski definition) is 5. The average Bonchev–Trinajstić information content (AvgIpc) is 2.41. The molecule has 0 spiro atoms. The SMILES string of the molecule is CNC(COCCOC)CC1CCCN(S(C)(=O)=O)C1. The van der Waals surface area contributed by atoms with Crippen LogP contribution in [0.2, 0.25) is 0 Å². The van der Waals surface area contributed by atoms with Crippen molar-refractivity contribution in [1.82, 2.24) is 9.62 Å². The Labute approximate surface area is 122 Å². The molecule has 1 saturated heterocycles. The lowest BCUT2D eigenvalue weighted by molar-refractivity contribution is 0.0544. The summed E-state index contributed by atoms with van der Waals surface area (Å²) in [4.78, 5) is 0. The normalized spacial score (nSPS) is 22.9. The van der Waals surface area contributed by atoms with E-state index in [1.807, 2.05) is 7.05 Å². The summed E-state index contributed by atoms with van der Waals surface area (Å²) in [6, 6.07) is 0.261. The molecule has 1 N–H and O–H groups in total. The lowest BCUT2D eigenvalue weighted by Crippen LogP contribution is -2.42. The zero-order valence-corrected chi connectivity index (χ0v) is 13.6. The molecule has 0 aromatic rings. The molecule has 1 heterocycles. The molecule has 0 aromatic carbocycles. The van der Waals surface area contributed by atoms with E-state index in [1.54, 1.807) is 11.4 Å². The van der Waals surface area contributed by atoms with Crippen molar-refractivity contribution in [1.29, 1.82) is 0 Å². The molecule has 0 aromatic heterocycles. The molecule has 0 radical (unpaired) electrons. The van der Waals surface area contributed by atoms with Gasteiger partial charge in [-0.25, -0.2) is 12.7 Å². The van der Waals surface area contributed by atoms with Crippen LogP contribution in [0.15, 0.2) is 0 Å². The van der Waals surface area contributed by atoms with Gasteiger partial charge in [-0.1, -0.05) is 0 Å². The fourth-order valence-electron chi connectivity index (χ4n) is 2.56. The van der Waals surface area contributed by atoms with Gasteiger partial charge in [-0.15, -0.1) is 0 Å². The maximum Gasteiger partial charge on any atom is 0.211 e. The fourth-order valence-corrected chi connectivity index (χ4v) is 3.50. The number of nitrogens with zero attached hydrogens (tertiary/aromatic N) is 1. The first-order valence-corrected chi connectivity index (χ1v) is 9.01. The van der Waals surface area contributed by atoms with Crippen LogP contribution in [0.4, 0.5) is 0 Å². The second kappa shape index (κ2) is 8.94. The summed E-state index contributed by atoms with van der Waals surface area (Å²) in [5.74, 6) is 0.405. The summed E-state index contributed by atoms with van der Waals surface area (Å²) in [5.41, 5.74) is 0. The molecule has 1 fully saturated rings. The number of ether oxygens (including phenoxy) is 2. The van der Waals surface area contributed by atoms with Crippen LogP contribution in [-0.2, 0) is 19.5 Å². The van der Waals surface area contributed by atoms with E-state index >= 15 is 0 Å². The number of piperidine rings is 1. The highest BCUT2D eigenvalue weighted by atomic mass is 32.2. The Hall–Kier alpha value is -0.210. The Morgan fingerprint density at radius 3 is 2.75 bits per heavy atom. The highest BCUT2D eigenvalue weighted by Crippen LogP contribution is 2.22. The number of nitrogens with one attached hydrogen (secondary N) is 1. The monoisotopic (exact) mass is 308 g/mol. The third kappa shape index (κ3) is 6.49. The van der Waals surface area contributed by atoms with Gasteiger partial charge in [-0.05, 0) is 32.2 Å². The molecule has 0 saturated carbocycles. The van der Waals surface area contributed by atoms with Crippen LogP contribution < -0.4 is 5.32 Å². The first-order valence-electron chi connectivity index (χ1n) is 7.16. The minimum Gasteiger partial charge on any atom is -0.382 e. The predicted molar refractivity (Wildman–Crippen MR) is 79.3 cm³/mol. The maximum absolute atomic E-state index is 11.6. The summed E-state index contributed by atoms with van der Waals surface area (Å²) in [5, 5.41) is 3.25. The Morgan fingerprint density at radius 1 is 1.40 bits per heavy atom. The van der Waals surface area contributed by atoms with Crippen LogP contribution >= 0.6 is 0 Å². The molecule has 0 amide bonds. The van der Waals surface area contributed by atoms with E-state index in [9.17, 15) is 8.42 Å². The van der Waals surface area contributed by atoms with Gasteiger partial charge in [0.25, 0.3) is 0 Å². The smallest absolute Gasteiger partial charge is 0.211 e.